The van der Waals surface area contributed by atoms with Crippen molar-refractivity contribution < 1.29 is 9.53 Å². The molecule has 25 heavy (non-hydrogen) atoms. The molecular formula is C20H25N3O2. The van der Waals surface area contributed by atoms with Crippen molar-refractivity contribution in [3.05, 3.63) is 41.0 Å². The average Bonchev–Trinajstić information content (AvgIpc) is 3.31. The van der Waals surface area contributed by atoms with Crippen LogP contribution in [0.3, 0.4) is 0 Å². The first kappa shape index (κ1) is 16.3. The molecule has 0 radical (unpaired) electrons. The summed E-state index contributed by atoms with van der Waals surface area (Å²) in [4.78, 5) is 16.5. The molecule has 132 valence electrons. The molecule has 2 aliphatic rings. The molecule has 0 N–H and O–H groups in total. The van der Waals surface area contributed by atoms with E-state index in [0.717, 1.165) is 43.0 Å². The Kier molecular flexibility index (Phi) is 4.32. The summed E-state index contributed by atoms with van der Waals surface area (Å²) < 4.78 is 7.06. The Labute approximate surface area is 148 Å². The molecule has 0 saturated carbocycles. The molecule has 5 heteroatoms. The molecule has 1 aromatic heterocycles. The topological polar surface area (TPSA) is 57.0 Å². The van der Waals surface area contributed by atoms with Crippen molar-refractivity contribution >= 4 is 5.97 Å². The van der Waals surface area contributed by atoms with Crippen LogP contribution in [0.15, 0.2) is 18.2 Å². The van der Waals surface area contributed by atoms with E-state index in [-0.39, 0.29) is 17.8 Å². The number of hydrogen-bond acceptors (Lipinski definition) is 4. The van der Waals surface area contributed by atoms with Gasteiger partial charge in [0.2, 0.25) is 0 Å². The number of fused-ring (bicyclic) bond motifs is 1. The fourth-order valence-corrected chi connectivity index (χ4v) is 3.77. The molecule has 5 nitrogen and oxygen atoms in total. The standard InChI is InChI=1S/C20H25N3O2/c1-13(2)19-21-18(9-7-15-10-11-25-20(15)24)23(22-19)17-8-6-14-4-3-5-16(14)12-17/h6,8,12-13,15H,3-5,7,9-11H2,1-2H3. The molecule has 2 heterocycles. The Morgan fingerprint density at radius 3 is 2.88 bits per heavy atom. The number of carbonyl (C=O) groups is 1. The maximum absolute atomic E-state index is 11.7. The first-order valence-electron chi connectivity index (χ1n) is 9.36. The zero-order valence-electron chi connectivity index (χ0n) is 15.0. The Bertz CT molecular complexity index is 794. The zero-order chi connectivity index (χ0) is 17.4. The lowest BCUT2D eigenvalue weighted by molar-refractivity contribution is -0.141. The summed E-state index contributed by atoms with van der Waals surface area (Å²) in [6, 6.07) is 6.64. The summed E-state index contributed by atoms with van der Waals surface area (Å²) in [5, 5.41) is 4.76. The molecule has 1 aliphatic carbocycles. The number of benzene rings is 1. The summed E-state index contributed by atoms with van der Waals surface area (Å²) in [6.07, 6.45) is 5.92. The highest BCUT2D eigenvalue weighted by Crippen LogP contribution is 2.26. The van der Waals surface area contributed by atoms with Gasteiger partial charge in [-0.3, -0.25) is 4.79 Å². The highest BCUT2D eigenvalue weighted by molar-refractivity contribution is 5.74. The molecule has 0 bridgehead atoms. The summed E-state index contributed by atoms with van der Waals surface area (Å²) in [5.74, 6) is 2.04. The second kappa shape index (κ2) is 6.62. The molecule has 1 saturated heterocycles. The quantitative estimate of drug-likeness (QED) is 0.784. The smallest absolute Gasteiger partial charge is 0.309 e. The van der Waals surface area contributed by atoms with Gasteiger partial charge < -0.3 is 4.74 Å². The number of hydrogen-bond donors (Lipinski definition) is 0. The van der Waals surface area contributed by atoms with E-state index >= 15 is 0 Å². The number of aryl methyl sites for hydroxylation is 3. The van der Waals surface area contributed by atoms with Crippen LogP contribution in [0.1, 0.15) is 61.8 Å². The van der Waals surface area contributed by atoms with Crippen LogP contribution in [-0.2, 0) is 28.8 Å². The number of ether oxygens (including phenoxy) is 1. The normalized spacial score (nSPS) is 19.5. The van der Waals surface area contributed by atoms with E-state index < -0.39 is 0 Å². The molecule has 1 atom stereocenters. The van der Waals surface area contributed by atoms with Crippen LogP contribution in [0, 0.1) is 5.92 Å². The van der Waals surface area contributed by atoms with Crippen LogP contribution in [0.4, 0.5) is 0 Å². The van der Waals surface area contributed by atoms with Crippen molar-refractivity contribution in [2.45, 2.75) is 58.3 Å². The largest absolute Gasteiger partial charge is 0.465 e. The number of rotatable bonds is 5. The number of esters is 1. The Morgan fingerprint density at radius 2 is 2.12 bits per heavy atom. The highest BCUT2D eigenvalue weighted by atomic mass is 16.5. The Balaban J connectivity index is 1.62. The second-order valence-corrected chi connectivity index (χ2v) is 7.45. The Morgan fingerprint density at radius 1 is 1.28 bits per heavy atom. The van der Waals surface area contributed by atoms with Crippen LogP contribution < -0.4 is 0 Å². The summed E-state index contributed by atoms with van der Waals surface area (Å²) >= 11 is 0. The Hall–Kier alpha value is -2.17. The van der Waals surface area contributed by atoms with E-state index in [2.05, 4.69) is 32.0 Å². The van der Waals surface area contributed by atoms with Gasteiger partial charge in [0, 0.05) is 12.3 Å². The van der Waals surface area contributed by atoms with Gasteiger partial charge in [0.1, 0.15) is 5.82 Å². The maximum atomic E-state index is 11.7. The monoisotopic (exact) mass is 339 g/mol. The van der Waals surface area contributed by atoms with Gasteiger partial charge in [-0.15, -0.1) is 0 Å². The SMILES string of the molecule is CC(C)c1nc(CCC2CCOC2=O)n(-c2ccc3c(c2)CCC3)n1. The van der Waals surface area contributed by atoms with Gasteiger partial charge in [-0.1, -0.05) is 19.9 Å². The molecule has 1 unspecified atom stereocenters. The predicted octanol–water partition coefficient (Wildman–Crippen LogP) is 3.38. The van der Waals surface area contributed by atoms with Crippen LogP contribution in [0.25, 0.3) is 5.69 Å². The van der Waals surface area contributed by atoms with Crippen LogP contribution in [0.2, 0.25) is 0 Å². The predicted molar refractivity (Wildman–Crippen MR) is 94.9 cm³/mol. The van der Waals surface area contributed by atoms with E-state index in [4.69, 9.17) is 14.8 Å². The van der Waals surface area contributed by atoms with Crippen molar-refractivity contribution in [2.75, 3.05) is 6.61 Å². The minimum absolute atomic E-state index is 0.00710. The highest BCUT2D eigenvalue weighted by Gasteiger charge is 2.27. The lowest BCUT2D eigenvalue weighted by Crippen LogP contribution is -2.11. The minimum atomic E-state index is -0.0623. The third-order valence-electron chi connectivity index (χ3n) is 5.29. The van der Waals surface area contributed by atoms with E-state index in [9.17, 15) is 4.79 Å². The third kappa shape index (κ3) is 3.20. The lowest BCUT2D eigenvalue weighted by Gasteiger charge is -2.09. The van der Waals surface area contributed by atoms with Crippen molar-refractivity contribution in [3.8, 4) is 5.69 Å². The molecule has 1 aromatic carbocycles. The molecule has 1 fully saturated rings. The number of aromatic nitrogens is 3. The van der Waals surface area contributed by atoms with Gasteiger partial charge >= 0.3 is 5.97 Å². The van der Waals surface area contributed by atoms with Gasteiger partial charge in [0.25, 0.3) is 0 Å². The molecule has 0 amide bonds. The third-order valence-corrected chi connectivity index (χ3v) is 5.29. The van der Waals surface area contributed by atoms with Crippen LogP contribution >= 0.6 is 0 Å². The summed E-state index contributed by atoms with van der Waals surface area (Å²) in [7, 11) is 0. The fraction of sp³-hybridized carbons (Fsp3) is 0.550. The summed E-state index contributed by atoms with van der Waals surface area (Å²) in [6.45, 7) is 4.78. The molecule has 1 aliphatic heterocycles. The van der Waals surface area contributed by atoms with Crippen molar-refractivity contribution in [3.63, 3.8) is 0 Å². The van der Waals surface area contributed by atoms with Gasteiger partial charge in [0.15, 0.2) is 5.82 Å². The van der Waals surface area contributed by atoms with Gasteiger partial charge in [0.05, 0.1) is 18.2 Å². The molecule has 2 aromatic rings. The molecule has 0 spiro atoms. The summed E-state index contributed by atoms with van der Waals surface area (Å²) in [5.41, 5.74) is 3.98. The zero-order valence-corrected chi connectivity index (χ0v) is 15.0. The van der Waals surface area contributed by atoms with Gasteiger partial charge in [-0.2, -0.15) is 5.10 Å². The number of cyclic esters (lactones) is 1. The molecular weight excluding hydrogens is 314 g/mol. The van der Waals surface area contributed by atoms with Crippen LogP contribution in [-0.4, -0.2) is 27.3 Å². The maximum Gasteiger partial charge on any atom is 0.309 e. The number of carbonyl (C=O) groups excluding carboxylic acids is 1. The van der Waals surface area contributed by atoms with Crippen molar-refractivity contribution in [2.24, 2.45) is 5.92 Å². The van der Waals surface area contributed by atoms with E-state index in [1.54, 1.807) is 0 Å². The fourth-order valence-electron chi connectivity index (χ4n) is 3.77. The minimum Gasteiger partial charge on any atom is -0.465 e. The van der Waals surface area contributed by atoms with E-state index in [1.807, 2.05) is 4.68 Å². The van der Waals surface area contributed by atoms with Gasteiger partial charge in [-0.25, -0.2) is 9.67 Å². The first-order chi connectivity index (χ1) is 12.1. The van der Waals surface area contributed by atoms with E-state index in [0.29, 0.717) is 6.61 Å². The van der Waals surface area contributed by atoms with Crippen molar-refractivity contribution in [1.29, 1.82) is 0 Å². The van der Waals surface area contributed by atoms with E-state index in [1.165, 1.54) is 24.0 Å². The van der Waals surface area contributed by atoms with Crippen LogP contribution in [0.5, 0.6) is 0 Å². The lowest BCUT2D eigenvalue weighted by atomic mass is 10.0. The number of nitrogens with zero attached hydrogens (tertiary/aromatic N) is 3. The van der Waals surface area contributed by atoms with Crippen molar-refractivity contribution in [1.82, 2.24) is 14.8 Å². The first-order valence-corrected chi connectivity index (χ1v) is 9.36. The van der Waals surface area contributed by atoms with Gasteiger partial charge in [-0.05, 0) is 55.4 Å². The second-order valence-electron chi connectivity index (χ2n) is 7.45. The average molecular weight is 339 g/mol. The molecule has 4 rings (SSSR count).